The molecule has 6 unspecified atom stereocenters. The van der Waals surface area contributed by atoms with Gasteiger partial charge in [0.2, 0.25) is 25.1 Å². The monoisotopic (exact) mass is 942 g/mol. The minimum atomic E-state index is -0.639. The summed E-state index contributed by atoms with van der Waals surface area (Å²) >= 11 is 0. The molecule has 2 N–H and O–H groups in total. The number of benzene rings is 4. The Balaban J connectivity index is 0.000000155. The van der Waals surface area contributed by atoms with Crippen LogP contribution in [0.4, 0.5) is 0 Å². The van der Waals surface area contributed by atoms with Crippen LogP contribution in [-0.2, 0) is 27.1 Å². The number of hydrogen-bond acceptors (Lipinski definition) is 18. The molecule has 1 saturated heterocycles. The molecule has 364 valence electrons. The number of aliphatic hydroxyl groups is 1. The van der Waals surface area contributed by atoms with Crippen LogP contribution in [0, 0.1) is 0 Å². The molecule has 1 fully saturated rings. The average Bonchev–Trinajstić information content (AvgIpc) is 3.59. The second kappa shape index (κ2) is 19.7. The van der Waals surface area contributed by atoms with Crippen molar-refractivity contribution in [1.82, 2.24) is 10.2 Å². The number of β-amino-alcohol motifs (C(OH)–C–C–N with tert-alkyl or cyclic N) is 1. The van der Waals surface area contributed by atoms with Crippen LogP contribution in [0.1, 0.15) is 105 Å². The number of nitrogens with one attached hydrogen (secondary N) is 1. The van der Waals surface area contributed by atoms with E-state index in [0.717, 1.165) is 53.8 Å². The summed E-state index contributed by atoms with van der Waals surface area (Å²) in [7, 11) is 9.27. The van der Waals surface area contributed by atoms with Gasteiger partial charge in [0.1, 0.15) is 23.3 Å². The molecule has 7 aliphatic heterocycles. The number of ether oxygens (including phenoxy) is 13. The lowest BCUT2D eigenvalue weighted by atomic mass is 9.84. The SMILES string of the molecule is CCC(O)CN1CCc2cc3c(c(OC)c2C1C1OC(=O)c2c1ccc(OC)c2OC)OCO3.CCC1CO1.COc1ccc2c(c1OC)C(=O)OC2C1NCCc2cc3c(c(OC)c21)OCO3. The second-order valence-corrected chi connectivity index (χ2v) is 16.9. The summed E-state index contributed by atoms with van der Waals surface area (Å²) in [6, 6.07) is 10.5. The van der Waals surface area contributed by atoms with Gasteiger partial charge < -0.3 is 72.0 Å². The fourth-order valence-electron chi connectivity index (χ4n) is 9.94. The van der Waals surface area contributed by atoms with Crippen molar-refractivity contribution in [2.24, 2.45) is 0 Å². The first kappa shape index (κ1) is 46.8. The molecular weight excluding hydrogens is 885 g/mol. The zero-order valence-electron chi connectivity index (χ0n) is 39.5. The minimum absolute atomic E-state index is 0.121. The quantitative estimate of drug-likeness (QED) is 0.118. The number of hydrogen-bond donors (Lipinski definition) is 2. The molecule has 0 spiro atoms. The van der Waals surface area contributed by atoms with E-state index in [9.17, 15) is 14.7 Å². The smallest absolute Gasteiger partial charge is 0.343 e. The lowest BCUT2D eigenvalue weighted by Gasteiger charge is -2.41. The summed E-state index contributed by atoms with van der Waals surface area (Å²) in [5, 5.41) is 14.0. The van der Waals surface area contributed by atoms with Gasteiger partial charge in [0.05, 0.1) is 73.6 Å². The van der Waals surface area contributed by atoms with Gasteiger partial charge in [-0.25, -0.2) is 9.59 Å². The fraction of sp³-hybridized carbons (Fsp3) is 0.480. The number of fused-ring (bicyclic) bond motifs is 6. The number of methoxy groups -OCH3 is 6. The molecule has 0 saturated carbocycles. The van der Waals surface area contributed by atoms with E-state index in [0.29, 0.717) is 99.8 Å². The van der Waals surface area contributed by atoms with Crippen LogP contribution in [0.2, 0.25) is 0 Å². The Morgan fingerprint density at radius 1 is 0.691 bits per heavy atom. The summed E-state index contributed by atoms with van der Waals surface area (Å²) in [5.74, 6) is 4.39. The van der Waals surface area contributed by atoms with Crippen LogP contribution >= 0.6 is 0 Å². The molecule has 4 aromatic rings. The van der Waals surface area contributed by atoms with E-state index < -0.39 is 36.3 Å². The Morgan fingerprint density at radius 3 is 1.72 bits per heavy atom. The highest BCUT2D eigenvalue weighted by Crippen LogP contribution is 2.57. The zero-order chi connectivity index (χ0) is 47.8. The van der Waals surface area contributed by atoms with Crippen molar-refractivity contribution in [1.29, 1.82) is 0 Å². The van der Waals surface area contributed by atoms with Crippen LogP contribution in [-0.4, -0.2) is 117 Å². The predicted molar refractivity (Wildman–Crippen MR) is 242 cm³/mol. The van der Waals surface area contributed by atoms with Gasteiger partial charge in [0, 0.05) is 35.3 Å². The number of carbonyl (C=O) groups excluding carboxylic acids is 2. The van der Waals surface area contributed by atoms with Crippen molar-refractivity contribution in [2.45, 2.75) is 76.0 Å². The van der Waals surface area contributed by atoms with Gasteiger partial charge in [-0.1, -0.05) is 26.0 Å². The average molecular weight is 943 g/mol. The number of esters is 2. The first-order valence-corrected chi connectivity index (χ1v) is 22.8. The van der Waals surface area contributed by atoms with E-state index in [1.165, 1.54) is 34.9 Å². The lowest BCUT2D eigenvalue weighted by Crippen LogP contribution is -2.43. The molecule has 7 heterocycles. The Labute approximate surface area is 394 Å². The van der Waals surface area contributed by atoms with Crippen molar-refractivity contribution >= 4 is 11.9 Å². The Kier molecular flexibility index (Phi) is 13.6. The highest BCUT2D eigenvalue weighted by Gasteiger charge is 2.48. The molecule has 0 aromatic heterocycles. The molecule has 4 aromatic carbocycles. The summed E-state index contributed by atoms with van der Waals surface area (Å²) in [4.78, 5) is 28.0. The predicted octanol–water partition coefficient (Wildman–Crippen LogP) is 6.36. The van der Waals surface area contributed by atoms with E-state index >= 15 is 0 Å². The number of nitrogens with zero attached hydrogens (tertiary/aromatic N) is 1. The molecule has 0 amide bonds. The summed E-state index contributed by atoms with van der Waals surface area (Å²) in [5.41, 5.74) is 6.12. The minimum Gasteiger partial charge on any atom is -0.493 e. The molecule has 18 nitrogen and oxygen atoms in total. The van der Waals surface area contributed by atoms with Crippen molar-refractivity contribution < 1.29 is 76.3 Å². The number of cyclic esters (lactones) is 2. The summed E-state index contributed by atoms with van der Waals surface area (Å²) in [6.45, 7) is 7.20. The molecule has 68 heavy (non-hydrogen) atoms. The van der Waals surface area contributed by atoms with Crippen LogP contribution in [0.25, 0.3) is 0 Å². The van der Waals surface area contributed by atoms with Gasteiger partial charge in [-0.2, -0.15) is 0 Å². The van der Waals surface area contributed by atoms with Crippen LogP contribution < -0.4 is 52.7 Å². The van der Waals surface area contributed by atoms with Crippen LogP contribution in [0.3, 0.4) is 0 Å². The first-order chi connectivity index (χ1) is 33.1. The normalized spacial score (nSPS) is 22.3. The van der Waals surface area contributed by atoms with Gasteiger partial charge in [0.25, 0.3) is 0 Å². The molecule has 7 aliphatic rings. The third-order valence-electron chi connectivity index (χ3n) is 13.3. The molecular formula is C50H58N2O16. The summed E-state index contributed by atoms with van der Waals surface area (Å²) < 4.78 is 72.5. The molecule has 0 bridgehead atoms. The molecule has 18 heteroatoms. The summed E-state index contributed by atoms with van der Waals surface area (Å²) in [6.07, 6.45) is 2.28. The zero-order valence-corrected chi connectivity index (χ0v) is 39.5. The van der Waals surface area contributed by atoms with Gasteiger partial charge >= 0.3 is 11.9 Å². The maximum Gasteiger partial charge on any atom is 0.343 e. The van der Waals surface area contributed by atoms with Gasteiger partial charge in [-0.3, -0.25) is 4.90 Å². The van der Waals surface area contributed by atoms with Crippen molar-refractivity contribution in [3.8, 4) is 57.5 Å². The Bertz CT molecular complexity index is 2560. The first-order valence-electron chi connectivity index (χ1n) is 22.8. The van der Waals surface area contributed by atoms with E-state index in [1.54, 1.807) is 26.4 Å². The number of carbonyl (C=O) groups is 2. The van der Waals surface area contributed by atoms with Crippen molar-refractivity contribution in [3.63, 3.8) is 0 Å². The van der Waals surface area contributed by atoms with Crippen LogP contribution in [0.15, 0.2) is 36.4 Å². The Hall–Kier alpha value is -6.34. The Morgan fingerprint density at radius 2 is 1.22 bits per heavy atom. The second-order valence-electron chi connectivity index (χ2n) is 16.9. The van der Waals surface area contributed by atoms with Crippen molar-refractivity contribution in [2.75, 3.05) is 82.5 Å². The fourth-order valence-corrected chi connectivity index (χ4v) is 9.94. The number of aliphatic hydroxyl groups excluding tert-OH is 1. The van der Waals surface area contributed by atoms with E-state index in [1.807, 2.05) is 31.2 Å². The molecule has 11 rings (SSSR count). The topological polar surface area (TPSA) is 193 Å². The maximum atomic E-state index is 13.1. The number of rotatable bonds is 12. The standard InChI is InChI=1S/C25H29NO8.C21H21NO7.C4H8O/c1-5-14(27)11-26-9-8-13-10-17-23(33-12-32-17)24(31-4)18(13)20(26)21-15-6-7-16(29-2)22(30-3)19(15)25(28)34-21;1-24-12-5-4-11-15(18(12)25-2)21(23)29-17(11)16-14-10(6-7-22-16)8-13-19(20(14)26-3)28-9-27-13;1-2-4-3-5-4/h6-7,10,14,20-21,27H,5,8-9,11-12H2,1-4H3;4-5,8,16-17,22H,6-7,9H2,1-3H3;4H,2-3H2,1H3. The molecule has 0 radical (unpaired) electrons. The van der Waals surface area contributed by atoms with E-state index in [4.69, 9.17) is 61.6 Å². The lowest BCUT2D eigenvalue weighted by molar-refractivity contribution is -0.00955. The van der Waals surface area contributed by atoms with Gasteiger partial charge in [-0.15, -0.1) is 0 Å². The van der Waals surface area contributed by atoms with E-state index in [2.05, 4.69) is 17.1 Å². The van der Waals surface area contributed by atoms with E-state index in [-0.39, 0.29) is 19.6 Å². The highest BCUT2D eigenvalue weighted by molar-refractivity contribution is 5.99. The molecule has 0 aliphatic carbocycles. The third kappa shape index (κ3) is 8.26. The van der Waals surface area contributed by atoms with Gasteiger partial charge in [-0.05, 0) is 67.6 Å². The van der Waals surface area contributed by atoms with Crippen molar-refractivity contribution in [3.05, 3.63) is 80.9 Å². The maximum absolute atomic E-state index is 13.1. The molecule has 6 atom stereocenters. The van der Waals surface area contributed by atoms with Gasteiger partial charge in [0.15, 0.2) is 46.0 Å². The largest absolute Gasteiger partial charge is 0.493 e. The highest BCUT2D eigenvalue weighted by atomic mass is 16.7. The van der Waals surface area contributed by atoms with Crippen LogP contribution in [0.5, 0.6) is 57.5 Å². The number of epoxide rings is 1. The third-order valence-corrected chi connectivity index (χ3v) is 13.3.